The Bertz CT molecular complexity index is 538. The summed E-state index contributed by atoms with van der Waals surface area (Å²) < 4.78 is 31.5. The zero-order valence-corrected chi connectivity index (χ0v) is 11.1. The maximum atomic E-state index is 12.5. The van der Waals surface area contributed by atoms with Crippen molar-refractivity contribution in [3.05, 3.63) is 30.3 Å². The minimum atomic E-state index is -3.73. The van der Waals surface area contributed by atoms with E-state index in [2.05, 4.69) is 0 Å². The van der Waals surface area contributed by atoms with E-state index in [0.29, 0.717) is 6.29 Å². The van der Waals surface area contributed by atoms with Crippen LogP contribution in [0, 0.1) is 0 Å². The number of hydrogen-bond donors (Lipinski definition) is 0. The van der Waals surface area contributed by atoms with Crippen molar-refractivity contribution < 1.29 is 17.9 Å². The van der Waals surface area contributed by atoms with Crippen molar-refractivity contribution in [3.63, 3.8) is 0 Å². The molecule has 0 aromatic heterocycles. The molecule has 0 unspecified atom stereocenters. The van der Waals surface area contributed by atoms with Gasteiger partial charge in [-0.15, -0.1) is 0 Å². The number of sulfonamides is 1. The first-order valence-electron chi connectivity index (χ1n) is 5.58. The van der Waals surface area contributed by atoms with Crippen molar-refractivity contribution in [2.24, 2.45) is 0 Å². The van der Waals surface area contributed by atoms with Crippen molar-refractivity contribution in [3.8, 4) is 0 Å². The molecule has 1 saturated heterocycles. The highest BCUT2D eigenvalue weighted by atomic mass is 32.2. The molecule has 0 bridgehead atoms. The molecule has 1 fully saturated rings. The van der Waals surface area contributed by atoms with Crippen LogP contribution in [0.15, 0.2) is 35.2 Å². The normalized spacial score (nSPS) is 24.0. The van der Waals surface area contributed by atoms with Gasteiger partial charge in [-0.2, -0.15) is 4.31 Å². The third-order valence-corrected chi connectivity index (χ3v) is 4.99. The molecule has 5 nitrogen and oxygen atoms in total. The van der Waals surface area contributed by atoms with Crippen LogP contribution >= 0.6 is 0 Å². The summed E-state index contributed by atoms with van der Waals surface area (Å²) in [5, 5.41) is 0. The topological polar surface area (TPSA) is 63.7 Å². The van der Waals surface area contributed by atoms with E-state index in [1.807, 2.05) is 0 Å². The highest BCUT2D eigenvalue weighted by molar-refractivity contribution is 7.89. The zero-order chi connectivity index (χ0) is 13.4. The van der Waals surface area contributed by atoms with Crippen LogP contribution in [0.2, 0.25) is 0 Å². The molecule has 0 amide bonds. The maximum absolute atomic E-state index is 12.5. The summed E-state index contributed by atoms with van der Waals surface area (Å²) in [4.78, 5) is 11.2. The Morgan fingerprint density at radius 2 is 1.94 bits per heavy atom. The van der Waals surface area contributed by atoms with Gasteiger partial charge in [-0.1, -0.05) is 18.2 Å². The van der Waals surface area contributed by atoms with Crippen molar-refractivity contribution in [2.45, 2.75) is 30.5 Å². The molecule has 2 rings (SSSR count). The van der Waals surface area contributed by atoms with E-state index in [1.165, 1.54) is 12.1 Å². The molecule has 1 atom stereocenters. The average molecular weight is 269 g/mol. The molecule has 1 aliphatic rings. The number of hydrogen-bond acceptors (Lipinski definition) is 4. The van der Waals surface area contributed by atoms with Crippen LogP contribution in [0.4, 0.5) is 0 Å². The van der Waals surface area contributed by atoms with E-state index < -0.39 is 21.8 Å². The number of carbonyl (C=O) groups is 1. The zero-order valence-electron chi connectivity index (χ0n) is 10.2. The van der Waals surface area contributed by atoms with Crippen LogP contribution in [0.1, 0.15) is 13.8 Å². The lowest BCUT2D eigenvalue weighted by atomic mass is 10.3. The van der Waals surface area contributed by atoms with Crippen LogP contribution in [-0.2, 0) is 19.6 Å². The molecule has 18 heavy (non-hydrogen) atoms. The predicted molar refractivity (Wildman–Crippen MR) is 65.3 cm³/mol. The average Bonchev–Trinajstić information content (AvgIpc) is 2.66. The molecule has 0 N–H and O–H groups in total. The number of nitrogens with zero attached hydrogens (tertiary/aromatic N) is 1. The Labute approximate surface area is 106 Å². The molecule has 98 valence electrons. The first-order valence-corrected chi connectivity index (χ1v) is 7.02. The number of ether oxygens (including phenoxy) is 1. The third kappa shape index (κ3) is 2.07. The van der Waals surface area contributed by atoms with Crippen LogP contribution in [0.3, 0.4) is 0 Å². The van der Waals surface area contributed by atoms with Crippen LogP contribution < -0.4 is 0 Å². The Kier molecular flexibility index (Phi) is 3.27. The Morgan fingerprint density at radius 1 is 1.33 bits per heavy atom. The summed E-state index contributed by atoms with van der Waals surface area (Å²) in [6.07, 6.45) is 0.606. The van der Waals surface area contributed by atoms with E-state index in [9.17, 15) is 13.2 Å². The summed E-state index contributed by atoms with van der Waals surface area (Å²) in [5.41, 5.74) is -1.01. The van der Waals surface area contributed by atoms with Crippen LogP contribution in [-0.4, -0.2) is 37.4 Å². The summed E-state index contributed by atoms with van der Waals surface area (Å²) in [6, 6.07) is 7.27. The third-order valence-electron chi connectivity index (χ3n) is 2.90. The Balaban J connectivity index is 2.49. The monoisotopic (exact) mass is 269 g/mol. The van der Waals surface area contributed by atoms with Crippen LogP contribution in [0.5, 0.6) is 0 Å². The maximum Gasteiger partial charge on any atom is 0.246 e. The highest BCUT2D eigenvalue weighted by Gasteiger charge is 2.48. The molecule has 1 heterocycles. The summed E-state index contributed by atoms with van der Waals surface area (Å²) in [7, 11) is -3.73. The summed E-state index contributed by atoms with van der Waals surface area (Å²) in [5.74, 6) is 0. The SMILES string of the molecule is CC1(C)OC[C@@H](C=O)N1S(=O)(=O)c1ccccc1. The predicted octanol–water partition coefficient (Wildman–Crippen LogP) is 1.01. The van der Waals surface area contributed by atoms with Gasteiger partial charge in [0.15, 0.2) is 0 Å². The molecule has 1 aromatic carbocycles. The first kappa shape index (κ1) is 13.2. The molecule has 0 aliphatic carbocycles. The second-order valence-corrected chi connectivity index (χ2v) is 6.39. The van der Waals surface area contributed by atoms with Gasteiger partial charge in [0, 0.05) is 0 Å². The number of benzene rings is 1. The summed E-state index contributed by atoms with van der Waals surface area (Å²) in [6.45, 7) is 3.36. The van der Waals surface area contributed by atoms with Crippen molar-refractivity contribution in [1.29, 1.82) is 0 Å². The van der Waals surface area contributed by atoms with Gasteiger partial charge in [0.1, 0.15) is 18.1 Å². The Hall–Kier alpha value is -1.24. The second kappa shape index (κ2) is 4.46. The molecular formula is C12H15NO4S. The minimum Gasteiger partial charge on any atom is -0.358 e. The first-order chi connectivity index (χ1) is 8.39. The van der Waals surface area contributed by atoms with Gasteiger partial charge < -0.3 is 9.53 Å². The van der Waals surface area contributed by atoms with Gasteiger partial charge in [0.05, 0.1) is 11.5 Å². The fourth-order valence-electron chi connectivity index (χ4n) is 2.09. The molecule has 0 radical (unpaired) electrons. The lowest BCUT2D eigenvalue weighted by Gasteiger charge is -2.30. The van der Waals surface area contributed by atoms with Gasteiger partial charge in [-0.05, 0) is 26.0 Å². The Morgan fingerprint density at radius 3 is 2.50 bits per heavy atom. The van der Waals surface area contributed by atoms with Crippen molar-refractivity contribution >= 4 is 16.3 Å². The highest BCUT2D eigenvalue weighted by Crippen LogP contribution is 2.32. The lowest BCUT2D eigenvalue weighted by molar-refractivity contribution is -0.110. The van der Waals surface area contributed by atoms with Gasteiger partial charge in [-0.3, -0.25) is 0 Å². The minimum absolute atomic E-state index is 0.0859. The van der Waals surface area contributed by atoms with Crippen LogP contribution in [0.25, 0.3) is 0 Å². The van der Waals surface area contributed by atoms with Gasteiger partial charge in [-0.25, -0.2) is 8.42 Å². The number of carbonyl (C=O) groups excluding carboxylic acids is 1. The van der Waals surface area contributed by atoms with E-state index in [0.717, 1.165) is 4.31 Å². The van der Waals surface area contributed by atoms with Crippen molar-refractivity contribution in [2.75, 3.05) is 6.61 Å². The molecule has 0 spiro atoms. The number of rotatable bonds is 3. The van der Waals surface area contributed by atoms with E-state index in [-0.39, 0.29) is 11.5 Å². The van der Waals surface area contributed by atoms with E-state index in [1.54, 1.807) is 32.0 Å². The van der Waals surface area contributed by atoms with Gasteiger partial charge in [0.2, 0.25) is 10.0 Å². The molecule has 1 aromatic rings. The van der Waals surface area contributed by atoms with Gasteiger partial charge >= 0.3 is 0 Å². The summed E-state index contributed by atoms with van der Waals surface area (Å²) >= 11 is 0. The lowest BCUT2D eigenvalue weighted by Crippen LogP contribution is -2.48. The van der Waals surface area contributed by atoms with Gasteiger partial charge in [0.25, 0.3) is 0 Å². The number of aldehydes is 1. The fourth-order valence-corrected chi connectivity index (χ4v) is 3.92. The molecule has 6 heteroatoms. The quantitative estimate of drug-likeness (QED) is 0.768. The smallest absolute Gasteiger partial charge is 0.246 e. The molecule has 0 saturated carbocycles. The van der Waals surface area contributed by atoms with E-state index in [4.69, 9.17) is 4.74 Å². The molecular weight excluding hydrogens is 254 g/mol. The molecule has 1 aliphatic heterocycles. The standard InChI is InChI=1S/C12H15NO4S/c1-12(2)13(10(8-14)9-17-12)18(15,16)11-6-4-3-5-7-11/h3-8,10H,9H2,1-2H3/t10-/m1/s1. The fraction of sp³-hybridized carbons (Fsp3) is 0.417. The van der Waals surface area contributed by atoms with Crippen molar-refractivity contribution in [1.82, 2.24) is 4.31 Å². The second-order valence-electron chi connectivity index (χ2n) is 4.58. The largest absolute Gasteiger partial charge is 0.358 e. The van der Waals surface area contributed by atoms with E-state index >= 15 is 0 Å².